The monoisotopic (exact) mass is 261 g/mol. The maximum atomic E-state index is 12.5. The lowest BCUT2D eigenvalue weighted by atomic mass is 9.98. The molecule has 104 valence electrons. The van der Waals surface area contributed by atoms with E-state index in [-0.39, 0.29) is 5.91 Å². The van der Waals surface area contributed by atoms with Crippen LogP contribution in [-0.2, 0) is 0 Å². The highest BCUT2D eigenvalue weighted by molar-refractivity contribution is 5.94. The summed E-state index contributed by atoms with van der Waals surface area (Å²) >= 11 is 0. The topological polar surface area (TPSA) is 36.4 Å². The Bertz CT molecular complexity index is 405. The second-order valence-corrected chi connectivity index (χ2v) is 5.48. The van der Waals surface area contributed by atoms with Crippen LogP contribution in [-0.4, -0.2) is 53.9 Å². The van der Waals surface area contributed by atoms with Gasteiger partial charge in [-0.2, -0.15) is 0 Å². The predicted molar refractivity (Wildman–Crippen MR) is 76.1 cm³/mol. The lowest BCUT2D eigenvalue weighted by Crippen LogP contribution is -2.44. The van der Waals surface area contributed by atoms with E-state index in [1.54, 1.807) is 12.4 Å². The number of amides is 1. The Morgan fingerprint density at radius 2 is 2.32 bits per heavy atom. The molecule has 0 bridgehead atoms. The highest BCUT2D eigenvalue weighted by Gasteiger charge is 2.27. The summed E-state index contributed by atoms with van der Waals surface area (Å²) < 4.78 is 0. The van der Waals surface area contributed by atoms with E-state index in [0.717, 1.165) is 32.4 Å². The molecule has 2 heterocycles. The first-order valence-corrected chi connectivity index (χ1v) is 7.04. The Hall–Kier alpha value is -1.42. The highest BCUT2D eigenvalue weighted by Crippen LogP contribution is 2.21. The number of likely N-dealkylation sites (tertiary alicyclic amines) is 1. The summed E-state index contributed by atoms with van der Waals surface area (Å²) in [7, 11) is 4.16. The second kappa shape index (κ2) is 6.66. The molecule has 1 aliphatic heterocycles. The fraction of sp³-hybridized carbons (Fsp3) is 0.600. The quantitative estimate of drug-likeness (QED) is 0.832. The largest absolute Gasteiger partial charge is 0.336 e. The van der Waals surface area contributed by atoms with E-state index in [0.29, 0.717) is 11.6 Å². The molecule has 1 fully saturated rings. The molecule has 0 radical (unpaired) electrons. The van der Waals surface area contributed by atoms with Crippen LogP contribution < -0.4 is 0 Å². The van der Waals surface area contributed by atoms with Crippen molar-refractivity contribution in [1.29, 1.82) is 0 Å². The molecule has 0 aliphatic carbocycles. The van der Waals surface area contributed by atoms with Gasteiger partial charge < -0.3 is 9.80 Å². The average molecular weight is 261 g/mol. The van der Waals surface area contributed by atoms with E-state index in [1.165, 1.54) is 6.42 Å². The third-order valence-corrected chi connectivity index (χ3v) is 3.71. The molecule has 0 N–H and O–H groups in total. The summed E-state index contributed by atoms with van der Waals surface area (Å²) in [5.41, 5.74) is 0.708. The van der Waals surface area contributed by atoms with Gasteiger partial charge in [-0.05, 0) is 58.5 Å². The standard InChI is InChI=1S/C15H23N3O/c1-17(2)11-8-14-7-3-4-10-18(14)15(19)13-6-5-9-16-12-13/h5-6,9,12,14H,3-4,7-8,10-11H2,1-2H3. The molecule has 1 aromatic rings. The molecule has 4 heteroatoms. The Morgan fingerprint density at radius 3 is 3.00 bits per heavy atom. The average Bonchev–Trinajstić information content (AvgIpc) is 2.45. The van der Waals surface area contributed by atoms with E-state index in [2.05, 4.69) is 24.0 Å². The van der Waals surface area contributed by atoms with Crippen molar-refractivity contribution in [3.63, 3.8) is 0 Å². The number of hydrogen-bond acceptors (Lipinski definition) is 3. The molecule has 1 aromatic heterocycles. The van der Waals surface area contributed by atoms with Crippen LogP contribution in [0.3, 0.4) is 0 Å². The van der Waals surface area contributed by atoms with Crippen molar-refractivity contribution in [2.24, 2.45) is 0 Å². The van der Waals surface area contributed by atoms with Gasteiger partial charge in [0.2, 0.25) is 0 Å². The van der Waals surface area contributed by atoms with Crippen LogP contribution >= 0.6 is 0 Å². The Kier molecular flexibility index (Phi) is 4.91. The summed E-state index contributed by atoms with van der Waals surface area (Å²) in [6.07, 6.45) is 7.90. The van der Waals surface area contributed by atoms with Crippen molar-refractivity contribution in [3.05, 3.63) is 30.1 Å². The van der Waals surface area contributed by atoms with Gasteiger partial charge in [-0.15, -0.1) is 0 Å². The highest BCUT2D eigenvalue weighted by atomic mass is 16.2. The van der Waals surface area contributed by atoms with Gasteiger partial charge in [0.05, 0.1) is 5.56 Å². The molecule has 0 spiro atoms. The van der Waals surface area contributed by atoms with E-state index in [1.807, 2.05) is 17.0 Å². The number of aromatic nitrogens is 1. The number of rotatable bonds is 4. The summed E-state index contributed by atoms with van der Waals surface area (Å²) in [5.74, 6) is 0.136. The van der Waals surface area contributed by atoms with Gasteiger partial charge in [-0.3, -0.25) is 9.78 Å². The minimum absolute atomic E-state index is 0.136. The van der Waals surface area contributed by atoms with E-state index >= 15 is 0 Å². The van der Waals surface area contributed by atoms with E-state index in [9.17, 15) is 4.79 Å². The maximum Gasteiger partial charge on any atom is 0.255 e. The van der Waals surface area contributed by atoms with Gasteiger partial charge in [0.25, 0.3) is 5.91 Å². The molecule has 1 aliphatic rings. The first-order valence-electron chi connectivity index (χ1n) is 7.04. The normalized spacial score (nSPS) is 19.7. The molecule has 19 heavy (non-hydrogen) atoms. The van der Waals surface area contributed by atoms with Crippen molar-refractivity contribution in [2.75, 3.05) is 27.2 Å². The predicted octanol–water partition coefficient (Wildman–Crippen LogP) is 2.03. The summed E-state index contributed by atoms with van der Waals surface area (Å²) in [6, 6.07) is 4.06. The first kappa shape index (κ1) is 14.0. The molecule has 1 saturated heterocycles. The molecule has 0 aromatic carbocycles. The van der Waals surface area contributed by atoms with E-state index in [4.69, 9.17) is 0 Å². The number of carbonyl (C=O) groups excluding carboxylic acids is 1. The third-order valence-electron chi connectivity index (χ3n) is 3.71. The fourth-order valence-corrected chi connectivity index (χ4v) is 2.63. The van der Waals surface area contributed by atoms with Gasteiger partial charge in [-0.25, -0.2) is 0 Å². The number of carbonyl (C=O) groups is 1. The van der Waals surface area contributed by atoms with Crippen LogP contribution in [0, 0.1) is 0 Å². The molecule has 2 rings (SSSR count). The number of hydrogen-bond donors (Lipinski definition) is 0. The second-order valence-electron chi connectivity index (χ2n) is 5.48. The van der Waals surface area contributed by atoms with E-state index < -0.39 is 0 Å². The molecule has 0 saturated carbocycles. The number of pyridine rings is 1. The van der Waals surface area contributed by atoms with Crippen LogP contribution in [0.2, 0.25) is 0 Å². The number of nitrogens with zero attached hydrogens (tertiary/aromatic N) is 3. The van der Waals surface area contributed by atoms with Crippen molar-refractivity contribution in [2.45, 2.75) is 31.7 Å². The Morgan fingerprint density at radius 1 is 1.47 bits per heavy atom. The van der Waals surface area contributed by atoms with Crippen molar-refractivity contribution < 1.29 is 4.79 Å². The zero-order chi connectivity index (χ0) is 13.7. The molecule has 4 nitrogen and oxygen atoms in total. The van der Waals surface area contributed by atoms with Gasteiger partial charge in [-0.1, -0.05) is 0 Å². The maximum absolute atomic E-state index is 12.5. The van der Waals surface area contributed by atoms with Gasteiger partial charge in [0, 0.05) is 25.0 Å². The fourth-order valence-electron chi connectivity index (χ4n) is 2.63. The van der Waals surface area contributed by atoms with Gasteiger partial charge in [0.1, 0.15) is 0 Å². The number of piperidine rings is 1. The summed E-state index contributed by atoms with van der Waals surface area (Å²) in [6.45, 7) is 1.91. The van der Waals surface area contributed by atoms with Crippen molar-refractivity contribution in [1.82, 2.24) is 14.8 Å². The van der Waals surface area contributed by atoms with Crippen molar-refractivity contribution in [3.8, 4) is 0 Å². The Balaban J connectivity index is 2.04. The van der Waals surface area contributed by atoms with Gasteiger partial charge >= 0.3 is 0 Å². The minimum Gasteiger partial charge on any atom is -0.336 e. The molecular weight excluding hydrogens is 238 g/mol. The molecule has 1 atom stereocenters. The van der Waals surface area contributed by atoms with Gasteiger partial charge in [0.15, 0.2) is 0 Å². The smallest absolute Gasteiger partial charge is 0.255 e. The zero-order valence-electron chi connectivity index (χ0n) is 11.9. The van der Waals surface area contributed by atoms with Crippen LogP contribution in [0.1, 0.15) is 36.0 Å². The SMILES string of the molecule is CN(C)CCC1CCCCN1C(=O)c1cccnc1. The zero-order valence-corrected chi connectivity index (χ0v) is 11.9. The van der Waals surface area contributed by atoms with Crippen LogP contribution in [0.25, 0.3) is 0 Å². The van der Waals surface area contributed by atoms with Crippen molar-refractivity contribution >= 4 is 5.91 Å². The minimum atomic E-state index is 0.136. The molecular formula is C15H23N3O. The van der Waals surface area contributed by atoms with Crippen LogP contribution in [0.5, 0.6) is 0 Å². The van der Waals surface area contributed by atoms with Crippen LogP contribution in [0.15, 0.2) is 24.5 Å². The molecule has 1 amide bonds. The molecule has 1 unspecified atom stereocenters. The lowest BCUT2D eigenvalue weighted by molar-refractivity contribution is 0.0591. The first-order chi connectivity index (χ1) is 9.18. The Labute approximate surface area is 115 Å². The van der Waals surface area contributed by atoms with Crippen LogP contribution in [0.4, 0.5) is 0 Å². The third kappa shape index (κ3) is 3.77. The lowest BCUT2D eigenvalue weighted by Gasteiger charge is -2.36. The summed E-state index contributed by atoms with van der Waals surface area (Å²) in [5, 5.41) is 0. The summed E-state index contributed by atoms with van der Waals surface area (Å²) in [4.78, 5) is 20.8.